The van der Waals surface area contributed by atoms with Gasteiger partial charge in [-0.25, -0.2) is 0 Å². The minimum absolute atomic E-state index is 0.0654. The average molecular weight is 286 g/mol. The zero-order valence-corrected chi connectivity index (χ0v) is 12.8. The highest BCUT2D eigenvalue weighted by molar-refractivity contribution is 7.80. The number of amides is 1. The number of aliphatic hydroxyl groups is 1. The first kappa shape index (κ1) is 16.4. The number of carbonyl (C=O) groups excluding carboxylic acids is 1. The van der Waals surface area contributed by atoms with Crippen molar-refractivity contribution in [1.82, 2.24) is 4.90 Å². The molecule has 0 radical (unpaired) electrons. The summed E-state index contributed by atoms with van der Waals surface area (Å²) in [6.45, 7) is 5.32. The van der Waals surface area contributed by atoms with Gasteiger partial charge in [-0.05, 0) is 25.7 Å². The largest absolute Gasteiger partial charge is 0.393 e. The molecule has 1 fully saturated rings. The van der Waals surface area contributed by atoms with Crippen LogP contribution in [-0.4, -0.2) is 40.1 Å². The predicted octanol–water partition coefficient (Wildman–Crippen LogP) is 1.84. The van der Waals surface area contributed by atoms with Crippen LogP contribution in [0.3, 0.4) is 0 Å². The second-order valence-electron chi connectivity index (χ2n) is 5.47. The molecule has 5 heteroatoms. The van der Waals surface area contributed by atoms with Gasteiger partial charge in [0.15, 0.2) is 0 Å². The van der Waals surface area contributed by atoms with E-state index in [-0.39, 0.29) is 12.0 Å². The maximum absolute atomic E-state index is 12.8. The summed E-state index contributed by atoms with van der Waals surface area (Å²) in [5, 5.41) is 9.54. The standard InChI is InChI=1S/C14H26N2O2S/c1-3-7-14(8-4-2,12(15)19)13(18)16-9-5-11(17)6-10-16/h11,17H,3-10H2,1-2H3,(H2,15,19). The molecule has 1 heterocycles. The third-order valence-corrected chi connectivity index (χ3v) is 4.38. The van der Waals surface area contributed by atoms with Gasteiger partial charge >= 0.3 is 0 Å². The van der Waals surface area contributed by atoms with Gasteiger partial charge in [0.05, 0.1) is 16.5 Å². The van der Waals surface area contributed by atoms with Crippen LogP contribution in [0.1, 0.15) is 52.4 Å². The number of likely N-dealkylation sites (tertiary alicyclic amines) is 1. The highest BCUT2D eigenvalue weighted by Crippen LogP contribution is 2.34. The van der Waals surface area contributed by atoms with E-state index in [2.05, 4.69) is 13.8 Å². The molecule has 4 nitrogen and oxygen atoms in total. The minimum atomic E-state index is -0.679. The Kier molecular flexibility index (Phi) is 6.20. The number of aliphatic hydroxyl groups excluding tert-OH is 1. The maximum atomic E-state index is 12.8. The van der Waals surface area contributed by atoms with Gasteiger partial charge in [-0.3, -0.25) is 4.79 Å². The number of nitrogens with zero attached hydrogens (tertiary/aromatic N) is 1. The molecular formula is C14H26N2O2S. The van der Waals surface area contributed by atoms with Crippen LogP contribution in [0, 0.1) is 5.41 Å². The second kappa shape index (κ2) is 7.20. The van der Waals surface area contributed by atoms with E-state index < -0.39 is 5.41 Å². The molecule has 0 spiro atoms. The zero-order chi connectivity index (χ0) is 14.5. The van der Waals surface area contributed by atoms with Gasteiger partial charge in [-0.1, -0.05) is 38.9 Å². The number of piperidine rings is 1. The quantitative estimate of drug-likeness (QED) is 0.731. The van der Waals surface area contributed by atoms with E-state index in [0.717, 1.165) is 12.8 Å². The molecule has 110 valence electrons. The van der Waals surface area contributed by atoms with Crippen molar-refractivity contribution in [3.63, 3.8) is 0 Å². The minimum Gasteiger partial charge on any atom is -0.393 e. The van der Waals surface area contributed by atoms with Gasteiger partial charge < -0.3 is 15.7 Å². The van der Waals surface area contributed by atoms with Crippen molar-refractivity contribution in [1.29, 1.82) is 0 Å². The fourth-order valence-corrected chi connectivity index (χ4v) is 3.21. The van der Waals surface area contributed by atoms with Crippen LogP contribution < -0.4 is 5.73 Å². The highest BCUT2D eigenvalue weighted by atomic mass is 32.1. The summed E-state index contributed by atoms with van der Waals surface area (Å²) in [6, 6.07) is 0. The topological polar surface area (TPSA) is 66.6 Å². The lowest BCUT2D eigenvalue weighted by molar-refractivity contribution is -0.141. The van der Waals surface area contributed by atoms with Gasteiger partial charge in [0.1, 0.15) is 0 Å². The maximum Gasteiger partial charge on any atom is 0.235 e. The molecule has 0 aromatic carbocycles. The average Bonchev–Trinajstić information content (AvgIpc) is 2.38. The van der Waals surface area contributed by atoms with Gasteiger partial charge in [0, 0.05) is 13.1 Å². The van der Waals surface area contributed by atoms with Crippen molar-refractivity contribution in [2.45, 2.75) is 58.5 Å². The van der Waals surface area contributed by atoms with E-state index in [1.807, 2.05) is 4.90 Å². The number of hydrogen-bond acceptors (Lipinski definition) is 3. The first-order valence-corrected chi connectivity index (χ1v) is 7.66. The van der Waals surface area contributed by atoms with E-state index in [1.54, 1.807) is 0 Å². The van der Waals surface area contributed by atoms with Crippen LogP contribution in [0.15, 0.2) is 0 Å². The zero-order valence-electron chi connectivity index (χ0n) is 12.0. The molecule has 1 aliphatic rings. The van der Waals surface area contributed by atoms with E-state index >= 15 is 0 Å². The van der Waals surface area contributed by atoms with Crippen molar-refractivity contribution >= 4 is 23.1 Å². The Bertz CT molecular complexity index is 319. The molecule has 3 N–H and O–H groups in total. The molecule has 1 rings (SSSR count). The third-order valence-electron chi connectivity index (χ3n) is 3.99. The summed E-state index contributed by atoms with van der Waals surface area (Å²) in [5.74, 6) is 0.0654. The van der Waals surface area contributed by atoms with Gasteiger partial charge in [0.25, 0.3) is 0 Å². The molecule has 19 heavy (non-hydrogen) atoms. The smallest absolute Gasteiger partial charge is 0.235 e. The van der Waals surface area contributed by atoms with Crippen LogP contribution in [0.25, 0.3) is 0 Å². The second-order valence-corrected chi connectivity index (χ2v) is 5.91. The molecule has 0 aromatic heterocycles. The number of thiocarbonyl (C=S) groups is 1. The van der Waals surface area contributed by atoms with Crippen LogP contribution in [-0.2, 0) is 4.79 Å². The number of hydrogen-bond donors (Lipinski definition) is 2. The van der Waals surface area contributed by atoms with Crippen LogP contribution in [0.5, 0.6) is 0 Å². The number of nitrogens with two attached hydrogens (primary N) is 1. The van der Waals surface area contributed by atoms with Crippen molar-refractivity contribution < 1.29 is 9.90 Å². The molecule has 0 unspecified atom stereocenters. The van der Waals surface area contributed by atoms with Crippen LogP contribution >= 0.6 is 12.2 Å². The Balaban J connectivity index is 2.89. The van der Waals surface area contributed by atoms with Gasteiger partial charge in [-0.15, -0.1) is 0 Å². The summed E-state index contributed by atoms with van der Waals surface area (Å²) >= 11 is 5.21. The Morgan fingerprint density at radius 1 is 1.32 bits per heavy atom. The van der Waals surface area contributed by atoms with E-state index in [9.17, 15) is 9.90 Å². The summed E-state index contributed by atoms with van der Waals surface area (Å²) in [5.41, 5.74) is 5.23. The summed E-state index contributed by atoms with van der Waals surface area (Å²) in [6.07, 6.45) is 4.23. The summed E-state index contributed by atoms with van der Waals surface area (Å²) < 4.78 is 0. The summed E-state index contributed by atoms with van der Waals surface area (Å²) in [7, 11) is 0. The van der Waals surface area contributed by atoms with Crippen molar-refractivity contribution in [2.24, 2.45) is 11.1 Å². The number of rotatable bonds is 6. The molecular weight excluding hydrogens is 260 g/mol. The first-order valence-electron chi connectivity index (χ1n) is 7.25. The Labute approximate surface area is 121 Å². The Hall–Kier alpha value is -0.680. The van der Waals surface area contributed by atoms with E-state index in [4.69, 9.17) is 18.0 Å². The Morgan fingerprint density at radius 2 is 1.79 bits per heavy atom. The van der Waals surface area contributed by atoms with Gasteiger partial charge in [0.2, 0.25) is 5.91 Å². The molecule has 0 aromatic rings. The third kappa shape index (κ3) is 3.66. The molecule has 1 aliphatic heterocycles. The van der Waals surface area contributed by atoms with E-state index in [0.29, 0.717) is 43.8 Å². The molecule has 0 atom stereocenters. The van der Waals surface area contributed by atoms with Crippen molar-refractivity contribution in [2.75, 3.05) is 13.1 Å². The van der Waals surface area contributed by atoms with E-state index in [1.165, 1.54) is 0 Å². The lowest BCUT2D eigenvalue weighted by Crippen LogP contribution is -2.53. The SMILES string of the molecule is CCCC(CCC)(C(=O)N1CCC(O)CC1)C(N)=S. The molecule has 0 aliphatic carbocycles. The monoisotopic (exact) mass is 286 g/mol. The lowest BCUT2D eigenvalue weighted by atomic mass is 9.77. The van der Waals surface area contributed by atoms with Crippen LogP contribution in [0.2, 0.25) is 0 Å². The molecule has 1 amide bonds. The van der Waals surface area contributed by atoms with Crippen molar-refractivity contribution in [3.05, 3.63) is 0 Å². The molecule has 0 bridgehead atoms. The molecule has 1 saturated heterocycles. The van der Waals surface area contributed by atoms with Crippen LogP contribution in [0.4, 0.5) is 0 Å². The summed E-state index contributed by atoms with van der Waals surface area (Å²) in [4.78, 5) is 15.0. The number of carbonyl (C=O) groups is 1. The fraction of sp³-hybridized carbons (Fsp3) is 0.857. The highest BCUT2D eigenvalue weighted by Gasteiger charge is 2.43. The first-order chi connectivity index (χ1) is 8.97. The Morgan fingerprint density at radius 3 is 2.16 bits per heavy atom. The van der Waals surface area contributed by atoms with Gasteiger partial charge in [-0.2, -0.15) is 0 Å². The normalized spacial score (nSPS) is 17.5. The predicted molar refractivity (Wildman–Crippen MR) is 80.9 cm³/mol. The molecule has 0 saturated carbocycles. The van der Waals surface area contributed by atoms with Crippen molar-refractivity contribution in [3.8, 4) is 0 Å². The lowest BCUT2D eigenvalue weighted by Gasteiger charge is -2.39. The fourth-order valence-electron chi connectivity index (χ4n) is 2.92.